The lowest BCUT2D eigenvalue weighted by Crippen LogP contribution is -2.11. The first kappa shape index (κ1) is 13.5. The van der Waals surface area contributed by atoms with Crippen molar-refractivity contribution in [3.63, 3.8) is 0 Å². The molecule has 0 aromatic heterocycles. The Morgan fingerprint density at radius 2 is 2.26 bits per heavy atom. The molecule has 1 atom stereocenters. The van der Waals surface area contributed by atoms with Crippen molar-refractivity contribution in [3.8, 4) is 5.75 Å². The smallest absolute Gasteiger partial charge is 0.310 e. The molecule has 0 heterocycles. The Kier molecular flexibility index (Phi) is 4.14. The Balaban J connectivity index is 1.97. The maximum atomic E-state index is 11.5. The number of rotatable bonds is 5. The van der Waals surface area contributed by atoms with Gasteiger partial charge in [0.05, 0.1) is 11.5 Å². The van der Waals surface area contributed by atoms with E-state index in [1.54, 1.807) is 12.1 Å². The van der Waals surface area contributed by atoms with Gasteiger partial charge < -0.3 is 4.74 Å². The Morgan fingerprint density at radius 1 is 1.47 bits per heavy atom. The first-order valence-electron chi connectivity index (χ1n) is 6.48. The van der Waals surface area contributed by atoms with Crippen LogP contribution in [0.25, 0.3) is 0 Å². The van der Waals surface area contributed by atoms with Crippen molar-refractivity contribution in [1.29, 1.82) is 0 Å². The summed E-state index contributed by atoms with van der Waals surface area (Å²) < 4.78 is 5.50. The van der Waals surface area contributed by atoms with E-state index in [2.05, 4.69) is 0 Å². The van der Waals surface area contributed by atoms with Crippen LogP contribution in [0.15, 0.2) is 18.2 Å². The Labute approximate surface area is 111 Å². The third kappa shape index (κ3) is 3.30. The molecule has 0 radical (unpaired) electrons. The minimum absolute atomic E-state index is 0.0247. The summed E-state index contributed by atoms with van der Waals surface area (Å²) in [7, 11) is 0. The van der Waals surface area contributed by atoms with Crippen LogP contribution in [0.4, 0.5) is 5.69 Å². The number of nitrogens with zero attached hydrogens (tertiary/aromatic N) is 1. The summed E-state index contributed by atoms with van der Waals surface area (Å²) in [6.07, 6.45) is 3.17. The van der Waals surface area contributed by atoms with Gasteiger partial charge in [-0.1, -0.05) is 6.07 Å². The van der Waals surface area contributed by atoms with Crippen molar-refractivity contribution in [2.75, 3.05) is 6.61 Å². The fourth-order valence-electron chi connectivity index (χ4n) is 2.39. The summed E-state index contributed by atoms with van der Waals surface area (Å²) >= 11 is 0. The summed E-state index contributed by atoms with van der Waals surface area (Å²) in [5, 5.41) is 10.9. The maximum Gasteiger partial charge on any atom is 0.310 e. The molecule has 0 amide bonds. The van der Waals surface area contributed by atoms with Gasteiger partial charge in [-0.25, -0.2) is 0 Å². The highest BCUT2D eigenvalue weighted by Gasteiger charge is 2.24. The largest absolute Gasteiger partial charge is 0.487 e. The van der Waals surface area contributed by atoms with E-state index in [0.29, 0.717) is 25.2 Å². The number of ketones is 1. The van der Waals surface area contributed by atoms with Gasteiger partial charge in [0.25, 0.3) is 0 Å². The molecule has 1 aromatic rings. The van der Waals surface area contributed by atoms with Crippen LogP contribution in [0.2, 0.25) is 0 Å². The number of nitro benzene ring substituents is 1. The molecule has 5 heteroatoms. The lowest BCUT2D eigenvalue weighted by Gasteiger charge is -2.10. The Morgan fingerprint density at radius 3 is 2.89 bits per heavy atom. The van der Waals surface area contributed by atoms with Crippen molar-refractivity contribution < 1.29 is 14.5 Å². The zero-order valence-corrected chi connectivity index (χ0v) is 10.9. The highest BCUT2D eigenvalue weighted by molar-refractivity contribution is 5.82. The van der Waals surface area contributed by atoms with Crippen LogP contribution in [0.3, 0.4) is 0 Å². The van der Waals surface area contributed by atoms with Gasteiger partial charge in [0.1, 0.15) is 5.78 Å². The van der Waals surface area contributed by atoms with Crippen molar-refractivity contribution in [1.82, 2.24) is 0 Å². The van der Waals surface area contributed by atoms with Crippen LogP contribution in [0.1, 0.15) is 31.2 Å². The minimum Gasteiger partial charge on any atom is -0.487 e. The van der Waals surface area contributed by atoms with E-state index < -0.39 is 4.92 Å². The van der Waals surface area contributed by atoms with E-state index >= 15 is 0 Å². The van der Waals surface area contributed by atoms with E-state index in [4.69, 9.17) is 4.74 Å². The van der Waals surface area contributed by atoms with Gasteiger partial charge in [-0.15, -0.1) is 0 Å². The number of hydrogen-bond acceptors (Lipinski definition) is 4. The zero-order valence-electron chi connectivity index (χ0n) is 10.9. The lowest BCUT2D eigenvalue weighted by atomic mass is 10.0. The second-order valence-corrected chi connectivity index (χ2v) is 4.92. The number of carbonyl (C=O) groups is 1. The number of ether oxygens (including phenoxy) is 1. The summed E-state index contributed by atoms with van der Waals surface area (Å²) in [4.78, 5) is 21.9. The number of benzene rings is 1. The summed E-state index contributed by atoms with van der Waals surface area (Å²) in [6.45, 7) is 2.21. The van der Waals surface area contributed by atoms with Gasteiger partial charge in [-0.2, -0.15) is 0 Å². The molecule has 1 aliphatic carbocycles. The van der Waals surface area contributed by atoms with Crippen LogP contribution in [-0.2, 0) is 4.79 Å². The normalized spacial score (nSPS) is 18.6. The summed E-state index contributed by atoms with van der Waals surface area (Å²) in [6, 6.07) is 4.80. The third-order valence-electron chi connectivity index (χ3n) is 3.47. The topological polar surface area (TPSA) is 69.4 Å². The van der Waals surface area contributed by atoms with Crippen molar-refractivity contribution in [2.24, 2.45) is 5.92 Å². The highest BCUT2D eigenvalue weighted by Crippen LogP contribution is 2.29. The zero-order chi connectivity index (χ0) is 13.8. The van der Waals surface area contributed by atoms with Crippen LogP contribution >= 0.6 is 0 Å². The first-order chi connectivity index (χ1) is 9.08. The second-order valence-electron chi connectivity index (χ2n) is 4.92. The fourth-order valence-corrected chi connectivity index (χ4v) is 2.39. The van der Waals surface area contributed by atoms with Crippen LogP contribution < -0.4 is 4.74 Å². The van der Waals surface area contributed by atoms with Gasteiger partial charge in [0.15, 0.2) is 5.75 Å². The van der Waals surface area contributed by atoms with Crippen molar-refractivity contribution in [2.45, 2.75) is 32.6 Å². The fraction of sp³-hybridized carbons (Fsp3) is 0.500. The molecular weight excluding hydrogens is 246 g/mol. The van der Waals surface area contributed by atoms with Gasteiger partial charge in [0, 0.05) is 18.4 Å². The Bertz CT molecular complexity index is 498. The Hall–Kier alpha value is -1.91. The van der Waals surface area contributed by atoms with Crippen LogP contribution in [0.5, 0.6) is 5.75 Å². The molecule has 1 aliphatic rings. The van der Waals surface area contributed by atoms with E-state index in [0.717, 1.165) is 18.4 Å². The number of Topliss-reactive ketones (excluding diaryl/α,β-unsaturated/α-hetero) is 1. The predicted molar refractivity (Wildman–Crippen MR) is 70.3 cm³/mol. The van der Waals surface area contributed by atoms with Gasteiger partial charge >= 0.3 is 5.69 Å². The average Bonchev–Trinajstić information content (AvgIpc) is 2.75. The average molecular weight is 263 g/mol. The molecule has 1 aromatic carbocycles. The van der Waals surface area contributed by atoms with E-state index in [-0.39, 0.29) is 17.4 Å². The SMILES string of the molecule is Cc1ccc([N+](=O)[O-])c(OCCC2CCCC2=O)c1. The number of aryl methyl sites for hydroxylation is 1. The van der Waals surface area contributed by atoms with Crippen molar-refractivity contribution >= 4 is 11.5 Å². The molecule has 0 aliphatic heterocycles. The lowest BCUT2D eigenvalue weighted by molar-refractivity contribution is -0.385. The third-order valence-corrected chi connectivity index (χ3v) is 3.47. The van der Waals surface area contributed by atoms with Gasteiger partial charge in [-0.3, -0.25) is 14.9 Å². The molecule has 0 spiro atoms. The van der Waals surface area contributed by atoms with Gasteiger partial charge in [0.2, 0.25) is 0 Å². The molecule has 1 fully saturated rings. The van der Waals surface area contributed by atoms with Gasteiger partial charge in [-0.05, 0) is 37.8 Å². The van der Waals surface area contributed by atoms with Crippen LogP contribution in [-0.4, -0.2) is 17.3 Å². The maximum absolute atomic E-state index is 11.5. The molecule has 2 rings (SSSR count). The molecule has 1 saturated carbocycles. The predicted octanol–water partition coefficient (Wildman–Crippen LogP) is 3.04. The van der Waals surface area contributed by atoms with E-state index in [1.807, 2.05) is 6.92 Å². The summed E-state index contributed by atoms with van der Waals surface area (Å²) in [5.74, 6) is 0.654. The van der Waals surface area contributed by atoms with E-state index in [1.165, 1.54) is 6.07 Å². The molecular formula is C14H17NO4. The summed E-state index contributed by atoms with van der Waals surface area (Å²) in [5.41, 5.74) is 0.890. The number of hydrogen-bond donors (Lipinski definition) is 0. The monoisotopic (exact) mass is 263 g/mol. The van der Waals surface area contributed by atoms with Crippen molar-refractivity contribution in [3.05, 3.63) is 33.9 Å². The number of nitro groups is 1. The van der Waals surface area contributed by atoms with Crippen LogP contribution in [0, 0.1) is 23.0 Å². The molecule has 5 nitrogen and oxygen atoms in total. The second kappa shape index (κ2) is 5.82. The number of carbonyl (C=O) groups excluding carboxylic acids is 1. The highest BCUT2D eigenvalue weighted by atomic mass is 16.6. The first-order valence-corrected chi connectivity index (χ1v) is 6.48. The molecule has 0 saturated heterocycles. The molecule has 19 heavy (non-hydrogen) atoms. The molecule has 102 valence electrons. The quantitative estimate of drug-likeness (QED) is 0.604. The minimum atomic E-state index is -0.449. The molecule has 0 N–H and O–H groups in total. The molecule has 1 unspecified atom stereocenters. The van der Waals surface area contributed by atoms with E-state index in [9.17, 15) is 14.9 Å². The molecule has 0 bridgehead atoms. The standard InChI is InChI=1S/C14H17NO4/c1-10-5-6-12(15(17)18)14(9-10)19-8-7-11-3-2-4-13(11)16/h5-6,9,11H,2-4,7-8H2,1H3.